The van der Waals surface area contributed by atoms with Crippen LogP contribution in [0.2, 0.25) is 0 Å². The Balaban J connectivity index is 2.54. The third-order valence-corrected chi connectivity index (χ3v) is 2.22. The number of halogens is 1. The fourth-order valence-electron chi connectivity index (χ4n) is 0.873. The Labute approximate surface area is 95.7 Å². The van der Waals surface area contributed by atoms with Crippen LogP contribution in [-0.2, 0) is 9.53 Å². The van der Waals surface area contributed by atoms with E-state index in [1.807, 2.05) is 0 Å². The van der Waals surface area contributed by atoms with Gasteiger partial charge in [-0.1, -0.05) is 15.9 Å². The molecule has 4 nitrogen and oxygen atoms in total. The first-order valence-electron chi connectivity index (χ1n) is 4.26. The van der Waals surface area contributed by atoms with Crippen LogP contribution < -0.4 is 5.32 Å². The Morgan fingerprint density at radius 1 is 1.33 bits per heavy atom. The zero-order valence-electron chi connectivity index (χ0n) is 8.12. The summed E-state index contributed by atoms with van der Waals surface area (Å²) in [5, 5.41) is 2.36. The fraction of sp³-hybridized carbons (Fsp3) is 0.200. The van der Waals surface area contributed by atoms with Crippen LogP contribution >= 0.6 is 15.9 Å². The van der Waals surface area contributed by atoms with Crippen LogP contribution in [0, 0.1) is 0 Å². The summed E-state index contributed by atoms with van der Waals surface area (Å²) in [6, 6.07) is 6.71. The molecule has 0 spiro atoms. The largest absolute Gasteiger partial charge is 0.452 e. The van der Waals surface area contributed by atoms with Crippen molar-refractivity contribution in [3.8, 4) is 0 Å². The van der Waals surface area contributed by atoms with Crippen LogP contribution in [0.15, 0.2) is 28.7 Å². The maximum atomic E-state index is 11.4. The number of hydrogen-bond donors (Lipinski definition) is 1. The van der Waals surface area contributed by atoms with Gasteiger partial charge in [0.1, 0.15) is 0 Å². The van der Waals surface area contributed by atoms with Gasteiger partial charge in [0.15, 0.2) is 6.61 Å². The van der Waals surface area contributed by atoms with Crippen molar-refractivity contribution < 1.29 is 14.3 Å². The summed E-state index contributed by atoms with van der Waals surface area (Å²) < 4.78 is 5.63. The molecule has 15 heavy (non-hydrogen) atoms. The molecule has 1 rings (SSSR count). The van der Waals surface area contributed by atoms with Crippen LogP contribution in [-0.4, -0.2) is 25.5 Å². The molecule has 0 unspecified atom stereocenters. The Kier molecular flexibility index (Phi) is 4.30. The lowest BCUT2D eigenvalue weighted by molar-refractivity contribution is -0.123. The van der Waals surface area contributed by atoms with Gasteiger partial charge in [-0.05, 0) is 24.3 Å². The highest BCUT2D eigenvalue weighted by Gasteiger charge is 2.08. The molecule has 0 aromatic heterocycles. The van der Waals surface area contributed by atoms with Crippen molar-refractivity contribution in [2.75, 3.05) is 13.7 Å². The molecule has 0 radical (unpaired) electrons. The Morgan fingerprint density at radius 3 is 2.47 bits per heavy atom. The minimum atomic E-state index is -0.508. The molecular formula is C10H10BrNO3. The number of hydrogen-bond acceptors (Lipinski definition) is 3. The maximum Gasteiger partial charge on any atom is 0.338 e. The third-order valence-electron chi connectivity index (χ3n) is 1.69. The number of amides is 1. The Morgan fingerprint density at radius 2 is 1.93 bits per heavy atom. The number of nitrogens with one attached hydrogen (secondary N) is 1. The summed E-state index contributed by atoms with van der Waals surface area (Å²) >= 11 is 3.25. The SMILES string of the molecule is CNC(=O)COC(=O)c1ccc(Br)cc1. The van der Waals surface area contributed by atoms with E-state index in [9.17, 15) is 9.59 Å². The molecule has 1 aromatic rings. The van der Waals surface area contributed by atoms with Gasteiger partial charge in [-0.3, -0.25) is 4.79 Å². The summed E-state index contributed by atoms with van der Waals surface area (Å²) in [4.78, 5) is 22.2. The van der Waals surface area contributed by atoms with E-state index < -0.39 is 5.97 Å². The summed E-state index contributed by atoms with van der Waals surface area (Å²) in [6.07, 6.45) is 0. The van der Waals surface area contributed by atoms with Crippen LogP contribution in [0.1, 0.15) is 10.4 Å². The molecule has 0 saturated carbocycles. The molecule has 0 aliphatic rings. The first-order valence-corrected chi connectivity index (χ1v) is 5.06. The minimum absolute atomic E-state index is 0.259. The first kappa shape index (κ1) is 11.7. The van der Waals surface area contributed by atoms with E-state index in [0.717, 1.165) is 4.47 Å². The molecule has 0 atom stereocenters. The van der Waals surface area contributed by atoms with Gasteiger partial charge in [0.05, 0.1) is 5.56 Å². The zero-order valence-corrected chi connectivity index (χ0v) is 9.71. The van der Waals surface area contributed by atoms with Gasteiger partial charge in [-0.2, -0.15) is 0 Å². The average molecular weight is 272 g/mol. The van der Waals surface area contributed by atoms with Gasteiger partial charge in [-0.15, -0.1) is 0 Å². The third kappa shape index (κ3) is 3.71. The van der Waals surface area contributed by atoms with Crippen LogP contribution in [0.4, 0.5) is 0 Å². The van der Waals surface area contributed by atoms with Gasteiger partial charge in [-0.25, -0.2) is 4.79 Å². The average Bonchev–Trinajstić information content (AvgIpc) is 2.26. The molecule has 0 fully saturated rings. The summed E-state index contributed by atoms with van der Waals surface area (Å²) in [5.74, 6) is -0.841. The smallest absolute Gasteiger partial charge is 0.338 e. The predicted octanol–water partition coefficient (Wildman–Crippen LogP) is 1.35. The summed E-state index contributed by atoms with van der Waals surface area (Å²) in [5.41, 5.74) is 0.419. The molecule has 1 aromatic carbocycles. The van der Waals surface area contributed by atoms with Gasteiger partial charge >= 0.3 is 5.97 Å². The summed E-state index contributed by atoms with van der Waals surface area (Å²) in [7, 11) is 1.48. The van der Waals surface area contributed by atoms with E-state index >= 15 is 0 Å². The van der Waals surface area contributed by atoms with Gasteiger partial charge in [0, 0.05) is 11.5 Å². The zero-order chi connectivity index (χ0) is 11.3. The molecule has 0 aliphatic carbocycles. The highest BCUT2D eigenvalue weighted by molar-refractivity contribution is 9.10. The molecule has 0 bridgehead atoms. The molecule has 1 N–H and O–H groups in total. The lowest BCUT2D eigenvalue weighted by Gasteiger charge is -2.03. The van der Waals surface area contributed by atoms with E-state index in [1.54, 1.807) is 24.3 Å². The molecule has 1 amide bonds. The van der Waals surface area contributed by atoms with E-state index in [0.29, 0.717) is 5.56 Å². The van der Waals surface area contributed by atoms with E-state index in [4.69, 9.17) is 4.74 Å². The predicted molar refractivity (Wildman–Crippen MR) is 58.5 cm³/mol. The van der Waals surface area contributed by atoms with Crippen molar-refractivity contribution in [1.29, 1.82) is 0 Å². The molecule has 5 heteroatoms. The quantitative estimate of drug-likeness (QED) is 0.845. The van der Waals surface area contributed by atoms with E-state index in [1.165, 1.54) is 7.05 Å². The molecular weight excluding hydrogens is 262 g/mol. The lowest BCUT2D eigenvalue weighted by Crippen LogP contribution is -2.25. The van der Waals surface area contributed by atoms with Gasteiger partial charge in [0.2, 0.25) is 0 Å². The number of likely N-dealkylation sites (N-methyl/N-ethyl adjacent to an activating group) is 1. The van der Waals surface area contributed by atoms with Crippen molar-refractivity contribution in [2.45, 2.75) is 0 Å². The number of esters is 1. The van der Waals surface area contributed by atoms with Crippen LogP contribution in [0.25, 0.3) is 0 Å². The molecule has 0 saturated heterocycles. The van der Waals surface area contributed by atoms with Gasteiger partial charge in [0.25, 0.3) is 5.91 Å². The second kappa shape index (κ2) is 5.50. The van der Waals surface area contributed by atoms with E-state index in [2.05, 4.69) is 21.2 Å². The highest BCUT2D eigenvalue weighted by Crippen LogP contribution is 2.11. The van der Waals surface area contributed by atoms with Crippen molar-refractivity contribution >= 4 is 27.8 Å². The minimum Gasteiger partial charge on any atom is -0.452 e. The fourth-order valence-corrected chi connectivity index (χ4v) is 1.14. The molecule has 0 heterocycles. The van der Waals surface area contributed by atoms with Crippen LogP contribution in [0.3, 0.4) is 0 Å². The summed E-state index contributed by atoms with van der Waals surface area (Å²) in [6.45, 7) is -0.259. The van der Waals surface area contributed by atoms with Crippen molar-refractivity contribution in [2.24, 2.45) is 0 Å². The monoisotopic (exact) mass is 271 g/mol. The standard InChI is InChI=1S/C10H10BrNO3/c1-12-9(13)6-15-10(14)7-2-4-8(11)5-3-7/h2-5H,6H2,1H3,(H,12,13). The molecule has 80 valence electrons. The second-order valence-corrected chi connectivity index (χ2v) is 3.67. The first-order chi connectivity index (χ1) is 7.13. The number of rotatable bonds is 3. The van der Waals surface area contributed by atoms with E-state index in [-0.39, 0.29) is 12.5 Å². The second-order valence-electron chi connectivity index (χ2n) is 2.76. The van der Waals surface area contributed by atoms with Gasteiger partial charge < -0.3 is 10.1 Å². The van der Waals surface area contributed by atoms with Crippen LogP contribution in [0.5, 0.6) is 0 Å². The number of ether oxygens (including phenoxy) is 1. The maximum absolute atomic E-state index is 11.4. The number of benzene rings is 1. The van der Waals surface area contributed by atoms with Crippen molar-refractivity contribution in [1.82, 2.24) is 5.32 Å². The highest BCUT2D eigenvalue weighted by atomic mass is 79.9. The normalized spacial score (nSPS) is 9.47. The topological polar surface area (TPSA) is 55.4 Å². The lowest BCUT2D eigenvalue weighted by atomic mass is 10.2. The molecule has 0 aliphatic heterocycles. The van der Waals surface area contributed by atoms with Crippen molar-refractivity contribution in [3.05, 3.63) is 34.3 Å². The Hall–Kier alpha value is -1.36. The van der Waals surface area contributed by atoms with Crippen molar-refractivity contribution in [3.63, 3.8) is 0 Å². The Bertz CT molecular complexity index is 361. The number of carbonyl (C=O) groups is 2. The number of carbonyl (C=O) groups excluding carboxylic acids is 2.